The number of tetrazole rings is 1. The van der Waals surface area contributed by atoms with E-state index in [0.29, 0.717) is 35.3 Å². The summed E-state index contributed by atoms with van der Waals surface area (Å²) < 4.78 is 16.7. The topological polar surface area (TPSA) is 129 Å². The second-order valence-electron chi connectivity index (χ2n) is 9.40. The molecule has 3 aromatic heterocycles. The Bertz CT molecular complexity index is 1330. The van der Waals surface area contributed by atoms with Gasteiger partial charge in [-0.05, 0) is 88.4 Å². The van der Waals surface area contributed by atoms with Gasteiger partial charge in [-0.3, -0.25) is 14.5 Å². The van der Waals surface area contributed by atoms with Crippen LogP contribution in [-0.4, -0.2) is 44.2 Å². The molecule has 3 heterocycles. The minimum Gasteiger partial charge on any atom is -0.494 e. The third-order valence-electron chi connectivity index (χ3n) is 5.20. The summed E-state index contributed by atoms with van der Waals surface area (Å²) in [6, 6.07) is 12.7. The number of hydrogen-bond acceptors (Lipinski definition) is 8. The lowest BCUT2D eigenvalue weighted by Gasteiger charge is -2.32. The van der Waals surface area contributed by atoms with Crippen molar-refractivity contribution in [2.24, 2.45) is 0 Å². The van der Waals surface area contributed by atoms with Crippen molar-refractivity contribution in [1.82, 2.24) is 25.5 Å². The van der Waals surface area contributed by atoms with Crippen LogP contribution in [0.3, 0.4) is 0 Å². The summed E-state index contributed by atoms with van der Waals surface area (Å²) >= 11 is 0. The first kappa shape index (κ1) is 25.7. The summed E-state index contributed by atoms with van der Waals surface area (Å²) in [6.07, 6.45) is 1.46. The molecule has 0 unspecified atom stereocenters. The monoisotopic (exact) mass is 506 g/mol. The number of ether oxygens (including phenoxy) is 1. The Kier molecular flexibility index (Phi) is 7.42. The summed E-state index contributed by atoms with van der Waals surface area (Å²) in [5, 5.41) is 15.2. The molecule has 0 fully saturated rings. The van der Waals surface area contributed by atoms with Crippen molar-refractivity contribution in [3.63, 3.8) is 0 Å². The zero-order valence-electron chi connectivity index (χ0n) is 21.5. The Labute approximate surface area is 214 Å². The fraction of sp³-hybridized carbons (Fsp3) is 0.346. The largest absolute Gasteiger partial charge is 0.494 e. The van der Waals surface area contributed by atoms with Crippen LogP contribution < -0.4 is 15.0 Å². The number of aromatic nitrogens is 4. The highest BCUT2D eigenvalue weighted by Gasteiger charge is 2.36. The predicted molar refractivity (Wildman–Crippen MR) is 135 cm³/mol. The first-order valence-corrected chi connectivity index (χ1v) is 11.9. The molecule has 0 saturated carbocycles. The van der Waals surface area contributed by atoms with Crippen molar-refractivity contribution in [3.8, 4) is 17.3 Å². The van der Waals surface area contributed by atoms with Crippen molar-refractivity contribution in [2.45, 2.75) is 52.7 Å². The van der Waals surface area contributed by atoms with Crippen molar-refractivity contribution in [3.05, 3.63) is 66.3 Å². The summed E-state index contributed by atoms with van der Waals surface area (Å²) in [6.45, 7) is 9.51. The van der Waals surface area contributed by atoms with Crippen LogP contribution in [0.2, 0.25) is 0 Å². The number of nitrogens with zero attached hydrogens (tertiary/aromatic N) is 5. The van der Waals surface area contributed by atoms with E-state index in [4.69, 9.17) is 13.6 Å². The summed E-state index contributed by atoms with van der Waals surface area (Å²) in [5.41, 5.74) is -0.0696. The van der Waals surface area contributed by atoms with Crippen LogP contribution in [0.15, 0.2) is 63.6 Å². The maximum atomic E-state index is 13.8. The molecule has 0 aliphatic carbocycles. The molecule has 194 valence electrons. The molecular weight excluding hydrogens is 476 g/mol. The van der Waals surface area contributed by atoms with Crippen LogP contribution >= 0.6 is 0 Å². The molecule has 1 N–H and O–H groups in total. The second-order valence-corrected chi connectivity index (χ2v) is 9.40. The predicted octanol–water partition coefficient (Wildman–Crippen LogP) is 3.92. The Balaban J connectivity index is 1.70. The zero-order valence-corrected chi connectivity index (χ0v) is 21.5. The molecule has 0 aliphatic heterocycles. The number of aryl methyl sites for hydroxylation is 1. The number of carbonyl (C=O) groups is 2. The molecule has 0 aliphatic rings. The zero-order chi connectivity index (χ0) is 26.6. The molecule has 0 radical (unpaired) electrons. The normalized spacial score (nSPS) is 12.2. The Morgan fingerprint density at radius 3 is 2.49 bits per heavy atom. The highest BCUT2D eigenvalue weighted by molar-refractivity contribution is 6.01. The maximum Gasteiger partial charge on any atom is 0.251 e. The minimum atomic E-state index is -1.09. The maximum absolute atomic E-state index is 13.8. The van der Waals surface area contributed by atoms with Gasteiger partial charge in [0.05, 0.1) is 12.9 Å². The molecule has 0 spiro atoms. The van der Waals surface area contributed by atoms with Crippen LogP contribution in [0, 0.1) is 6.92 Å². The average Bonchev–Trinajstić information content (AvgIpc) is 3.59. The van der Waals surface area contributed by atoms with Gasteiger partial charge < -0.3 is 18.9 Å². The number of hydrogen-bond donors (Lipinski definition) is 1. The number of rotatable bonds is 9. The SMILES string of the molecule is CCOc1ccc(N(C(=O)Cn2nnc(-c3ccc(C)o3)n2)[C@@H](C(=O)NC(C)(C)C)c2ccco2)cc1. The third-order valence-corrected chi connectivity index (χ3v) is 5.20. The molecule has 0 saturated heterocycles. The van der Waals surface area contributed by atoms with E-state index in [9.17, 15) is 9.59 Å². The highest BCUT2D eigenvalue weighted by atomic mass is 16.5. The molecule has 4 aromatic rings. The first-order valence-electron chi connectivity index (χ1n) is 11.9. The lowest BCUT2D eigenvalue weighted by molar-refractivity contribution is -0.128. The molecule has 2 amide bonds. The van der Waals surface area contributed by atoms with E-state index in [2.05, 4.69) is 20.7 Å². The van der Waals surface area contributed by atoms with Gasteiger partial charge in [0.1, 0.15) is 23.8 Å². The standard InChI is InChI=1S/C26H30N6O5/c1-6-35-19-12-10-18(11-13-19)32(23(20-8-7-15-36-20)25(34)27-26(3,4)5)22(33)16-31-29-24(28-30-31)21-14-9-17(2)37-21/h7-15,23H,6,16H2,1-5H3,(H,27,34)/t23-/m1/s1. The van der Waals surface area contributed by atoms with E-state index in [1.165, 1.54) is 11.2 Å². The van der Waals surface area contributed by atoms with E-state index in [-0.39, 0.29) is 12.4 Å². The smallest absolute Gasteiger partial charge is 0.251 e. The molecular formula is C26H30N6O5. The minimum absolute atomic E-state index is 0.251. The molecule has 11 heteroatoms. The highest BCUT2D eigenvalue weighted by Crippen LogP contribution is 2.31. The Morgan fingerprint density at radius 1 is 1.14 bits per heavy atom. The fourth-order valence-corrected chi connectivity index (χ4v) is 3.73. The van der Waals surface area contributed by atoms with Gasteiger partial charge in [0, 0.05) is 11.2 Å². The third kappa shape index (κ3) is 6.24. The van der Waals surface area contributed by atoms with Gasteiger partial charge in [-0.2, -0.15) is 4.80 Å². The number of amides is 2. The van der Waals surface area contributed by atoms with Gasteiger partial charge >= 0.3 is 0 Å². The van der Waals surface area contributed by atoms with E-state index in [1.54, 1.807) is 48.5 Å². The van der Waals surface area contributed by atoms with Crippen molar-refractivity contribution < 1.29 is 23.2 Å². The molecule has 0 bridgehead atoms. The van der Waals surface area contributed by atoms with Crippen LogP contribution in [0.5, 0.6) is 5.75 Å². The van der Waals surface area contributed by atoms with E-state index < -0.39 is 23.4 Å². The van der Waals surface area contributed by atoms with Crippen molar-refractivity contribution in [2.75, 3.05) is 11.5 Å². The number of carbonyl (C=O) groups excluding carboxylic acids is 2. The molecule has 37 heavy (non-hydrogen) atoms. The van der Waals surface area contributed by atoms with Gasteiger partial charge in [-0.15, -0.1) is 10.2 Å². The van der Waals surface area contributed by atoms with Crippen molar-refractivity contribution in [1.29, 1.82) is 0 Å². The number of nitrogens with one attached hydrogen (secondary N) is 1. The second kappa shape index (κ2) is 10.7. The van der Waals surface area contributed by atoms with Crippen molar-refractivity contribution >= 4 is 17.5 Å². The number of anilines is 1. The Hall–Kier alpha value is -4.41. The van der Waals surface area contributed by atoms with Gasteiger partial charge in [0.25, 0.3) is 11.8 Å². The molecule has 1 aromatic carbocycles. The molecule has 4 rings (SSSR count). The van der Waals surface area contributed by atoms with Gasteiger partial charge in [0.2, 0.25) is 5.82 Å². The molecule has 1 atom stereocenters. The fourth-order valence-electron chi connectivity index (χ4n) is 3.73. The van der Waals surface area contributed by atoms with Gasteiger partial charge in [0.15, 0.2) is 11.8 Å². The van der Waals surface area contributed by atoms with E-state index in [1.807, 2.05) is 34.6 Å². The van der Waals surface area contributed by atoms with E-state index in [0.717, 1.165) is 4.80 Å². The lowest BCUT2D eigenvalue weighted by atomic mass is 10.1. The van der Waals surface area contributed by atoms with Crippen LogP contribution in [0.25, 0.3) is 11.6 Å². The Morgan fingerprint density at radius 2 is 1.89 bits per heavy atom. The molecule has 11 nitrogen and oxygen atoms in total. The lowest BCUT2D eigenvalue weighted by Crippen LogP contribution is -2.50. The number of furan rings is 2. The summed E-state index contributed by atoms with van der Waals surface area (Å²) in [4.78, 5) is 29.9. The summed E-state index contributed by atoms with van der Waals surface area (Å²) in [7, 11) is 0. The summed E-state index contributed by atoms with van der Waals surface area (Å²) in [5.74, 6) is 1.50. The first-order chi connectivity index (χ1) is 17.6. The average molecular weight is 507 g/mol. The van der Waals surface area contributed by atoms with Gasteiger partial charge in [-0.1, -0.05) is 0 Å². The van der Waals surface area contributed by atoms with Crippen LogP contribution in [-0.2, 0) is 16.1 Å². The number of benzene rings is 1. The quantitative estimate of drug-likeness (QED) is 0.362. The van der Waals surface area contributed by atoms with Gasteiger partial charge in [-0.25, -0.2) is 0 Å². The van der Waals surface area contributed by atoms with Crippen LogP contribution in [0.4, 0.5) is 5.69 Å². The van der Waals surface area contributed by atoms with E-state index >= 15 is 0 Å². The van der Waals surface area contributed by atoms with Crippen LogP contribution in [0.1, 0.15) is 45.3 Å².